The number of nitrogens with zero attached hydrogens (tertiary/aromatic N) is 3. The zero-order valence-electron chi connectivity index (χ0n) is 12.2. The van der Waals surface area contributed by atoms with Crippen LogP contribution >= 0.6 is 0 Å². The van der Waals surface area contributed by atoms with Crippen LogP contribution in [0, 0.1) is 0 Å². The Balaban J connectivity index is 2.48. The van der Waals surface area contributed by atoms with E-state index in [0.29, 0.717) is 45.3 Å². The molecule has 0 saturated heterocycles. The lowest BCUT2D eigenvalue weighted by atomic mass is 10.4. The predicted octanol–water partition coefficient (Wildman–Crippen LogP) is 0.367. The largest absolute Gasteiger partial charge is 0.382 e. The van der Waals surface area contributed by atoms with E-state index in [2.05, 4.69) is 5.10 Å². The highest BCUT2D eigenvalue weighted by atomic mass is 16.5. The molecule has 0 spiro atoms. The van der Waals surface area contributed by atoms with Gasteiger partial charge in [0.25, 0.3) is 0 Å². The molecule has 1 aromatic rings. The molecule has 0 aromatic carbocycles. The summed E-state index contributed by atoms with van der Waals surface area (Å²) in [7, 11) is 0. The van der Waals surface area contributed by atoms with Crippen molar-refractivity contribution in [2.45, 2.75) is 20.4 Å². The van der Waals surface area contributed by atoms with Crippen molar-refractivity contribution in [3.8, 4) is 0 Å². The van der Waals surface area contributed by atoms with Crippen LogP contribution in [0.1, 0.15) is 13.8 Å². The third-order valence-electron chi connectivity index (χ3n) is 2.73. The first-order valence-electron chi connectivity index (χ1n) is 6.89. The number of rotatable bonds is 10. The molecule has 0 aliphatic rings. The normalized spacial score (nSPS) is 10.7. The number of nitrogens with two attached hydrogens (primary N) is 1. The summed E-state index contributed by atoms with van der Waals surface area (Å²) in [4.78, 5) is 13.9. The molecule has 20 heavy (non-hydrogen) atoms. The first kappa shape index (κ1) is 16.5. The number of aromatic nitrogens is 2. The maximum Gasteiger partial charge on any atom is 0.244 e. The average Bonchev–Trinajstić information content (AvgIpc) is 2.82. The van der Waals surface area contributed by atoms with Gasteiger partial charge in [-0.3, -0.25) is 9.48 Å². The van der Waals surface area contributed by atoms with Gasteiger partial charge in [-0.25, -0.2) is 0 Å². The van der Waals surface area contributed by atoms with Crippen LogP contribution in [0.3, 0.4) is 0 Å². The van der Waals surface area contributed by atoms with Crippen LogP contribution < -0.4 is 5.73 Å². The SMILES string of the molecule is CCOCCN(CCOCC)C(=O)Cn1ccc(N)n1. The molecule has 0 unspecified atom stereocenters. The van der Waals surface area contributed by atoms with E-state index in [1.54, 1.807) is 17.2 Å². The zero-order valence-corrected chi connectivity index (χ0v) is 12.2. The van der Waals surface area contributed by atoms with Gasteiger partial charge < -0.3 is 20.1 Å². The summed E-state index contributed by atoms with van der Waals surface area (Å²) in [5.74, 6) is 0.389. The summed E-state index contributed by atoms with van der Waals surface area (Å²) >= 11 is 0. The summed E-state index contributed by atoms with van der Waals surface area (Å²) < 4.78 is 12.1. The molecule has 114 valence electrons. The van der Waals surface area contributed by atoms with E-state index < -0.39 is 0 Å². The lowest BCUT2D eigenvalue weighted by Crippen LogP contribution is -2.38. The van der Waals surface area contributed by atoms with Crippen LogP contribution in [0.4, 0.5) is 5.82 Å². The zero-order chi connectivity index (χ0) is 14.8. The molecule has 0 saturated carbocycles. The number of carbonyl (C=O) groups excluding carboxylic acids is 1. The topological polar surface area (TPSA) is 82.6 Å². The van der Waals surface area contributed by atoms with Crippen molar-refractivity contribution >= 4 is 11.7 Å². The maximum absolute atomic E-state index is 12.2. The fraction of sp³-hybridized carbons (Fsp3) is 0.692. The van der Waals surface area contributed by atoms with Crippen molar-refractivity contribution in [3.63, 3.8) is 0 Å². The number of anilines is 1. The summed E-state index contributed by atoms with van der Waals surface area (Å²) in [5.41, 5.74) is 5.53. The molecule has 1 heterocycles. The van der Waals surface area contributed by atoms with E-state index in [1.165, 1.54) is 4.68 Å². The van der Waals surface area contributed by atoms with Crippen molar-refractivity contribution < 1.29 is 14.3 Å². The Kier molecular flexibility index (Phi) is 7.67. The number of carbonyl (C=O) groups is 1. The third-order valence-corrected chi connectivity index (χ3v) is 2.73. The number of hydrogen-bond acceptors (Lipinski definition) is 5. The van der Waals surface area contributed by atoms with Gasteiger partial charge in [0, 0.05) is 32.5 Å². The molecule has 1 rings (SSSR count). The Morgan fingerprint density at radius 1 is 1.30 bits per heavy atom. The monoisotopic (exact) mass is 284 g/mol. The minimum Gasteiger partial charge on any atom is -0.382 e. The van der Waals surface area contributed by atoms with Crippen LogP contribution in [-0.2, 0) is 20.8 Å². The molecule has 0 aliphatic heterocycles. The Morgan fingerprint density at radius 2 is 1.90 bits per heavy atom. The number of hydrogen-bond donors (Lipinski definition) is 1. The maximum atomic E-state index is 12.2. The lowest BCUT2D eigenvalue weighted by molar-refractivity contribution is -0.133. The summed E-state index contributed by atoms with van der Waals surface area (Å²) in [6.07, 6.45) is 1.69. The molecule has 7 nitrogen and oxygen atoms in total. The van der Waals surface area contributed by atoms with Crippen LogP contribution in [0.15, 0.2) is 12.3 Å². The summed E-state index contributed by atoms with van der Waals surface area (Å²) in [6.45, 7) is 7.47. The van der Waals surface area contributed by atoms with Gasteiger partial charge in [0.15, 0.2) is 0 Å². The highest BCUT2D eigenvalue weighted by Crippen LogP contribution is 1.99. The number of amides is 1. The first-order chi connectivity index (χ1) is 9.67. The highest BCUT2D eigenvalue weighted by Gasteiger charge is 2.14. The molecule has 0 radical (unpaired) electrons. The summed E-state index contributed by atoms with van der Waals surface area (Å²) in [5, 5.41) is 4.01. The lowest BCUT2D eigenvalue weighted by Gasteiger charge is -2.22. The average molecular weight is 284 g/mol. The Bertz CT molecular complexity index is 385. The standard InChI is InChI=1S/C13H24N4O3/c1-3-19-9-7-16(8-10-20-4-2)13(18)11-17-6-5-12(14)15-17/h5-6H,3-4,7-11H2,1-2H3,(H2,14,15). The van der Waals surface area contributed by atoms with Gasteiger partial charge in [-0.05, 0) is 19.9 Å². The second-order valence-corrected chi connectivity index (χ2v) is 4.21. The minimum absolute atomic E-state index is 0.0208. The van der Waals surface area contributed by atoms with Crippen LogP contribution in [-0.4, -0.2) is 60.1 Å². The van der Waals surface area contributed by atoms with E-state index in [4.69, 9.17) is 15.2 Å². The molecule has 0 fully saturated rings. The second-order valence-electron chi connectivity index (χ2n) is 4.21. The third kappa shape index (κ3) is 6.03. The molecular weight excluding hydrogens is 260 g/mol. The molecule has 1 aromatic heterocycles. The fourth-order valence-electron chi connectivity index (χ4n) is 1.70. The van der Waals surface area contributed by atoms with Gasteiger partial charge in [-0.2, -0.15) is 5.10 Å². The van der Waals surface area contributed by atoms with Crippen molar-refractivity contribution in [2.75, 3.05) is 45.3 Å². The molecule has 0 atom stereocenters. The Morgan fingerprint density at radius 3 is 2.35 bits per heavy atom. The minimum atomic E-state index is -0.0208. The van der Waals surface area contributed by atoms with Gasteiger partial charge >= 0.3 is 0 Å². The van der Waals surface area contributed by atoms with Crippen LogP contribution in [0.2, 0.25) is 0 Å². The molecule has 0 bridgehead atoms. The Hall–Kier alpha value is -1.60. The van der Waals surface area contributed by atoms with Gasteiger partial charge in [-0.15, -0.1) is 0 Å². The summed E-state index contributed by atoms with van der Waals surface area (Å²) in [6, 6.07) is 1.66. The molecule has 2 N–H and O–H groups in total. The van der Waals surface area contributed by atoms with Crippen LogP contribution in [0.25, 0.3) is 0 Å². The first-order valence-corrected chi connectivity index (χ1v) is 6.89. The Labute approximate surface area is 119 Å². The number of ether oxygens (including phenoxy) is 2. The number of nitrogen functional groups attached to an aromatic ring is 1. The van der Waals surface area contributed by atoms with Gasteiger partial charge in [-0.1, -0.05) is 0 Å². The van der Waals surface area contributed by atoms with Crippen molar-refractivity contribution in [3.05, 3.63) is 12.3 Å². The van der Waals surface area contributed by atoms with E-state index in [-0.39, 0.29) is 12.5 Å². The fourth-order valence-corrected chi connectivity index (χ4v) is 1.70. The van der Waals surface area contributed by atoms with Gasteiger partial charge in [0.1, 0.15) is 12.4 Å². The second kappa shape index (κ2) is 9.33. The van der Waals surface area contributed by atoms with E-state index >= 15 is 0 Å². The molecule has 7 heteroatoms. The van der Waals surface area contributed by atoms with Crippen molar-refractivity contribution in [2.24, 2.45) is 0 Å². The van der Waals surface area contributed by atoms with E-state index in [9.17, 15) is 4.79 Å². The predicted molar refractivity (Wildman–Crippen MR) is 76.2 cm³/mol. The van der Waals surface area contributed by atoms with Crippen molar-refractivity contribution in [1.29, 1.82) is 0 Å². The smallest absolute Gasteiger partial charge is 0.244 e. The van der Waals surface area contributed by atoms with Gasteiger partial charge in [0.2, 0.25) is 5.91 Å². The molecule has 1 amide bonds. The van der Waals surface area contributed by atoms with Crippen molar-refractivity contribution in [1.82, 2.24) is 14.7 Å². The van der Waals surface area contributed by atoms with Crippen LogP contribution in [0.5, 0.6) is 0 Å². The highest BCUT2D eigenvalue weighted by molar-refractivity contribution is 5.75. The quantitative estimate of drug-likeness (QED) is 0.628. The molecule has 0 aliphatic carbocycles. The molecular formula is C13H24N4O3. The van der Waals surface area contributed by atoms with Gasteiger partial charge in [0.05, 0.1) is 13.2 Å². The van der Waals surface area contributed by atoms with E-state index in [1.807, 2.05) is 13.8 Å². The van der Waals surface area contributed by atoms with E-state index in [0.717, 1.165) is 0 Å².